The van der Waals surface area contributed by atoms with Crippen LogP contribution in [-0.4, -0.2) is 25.8 Å². The van der Waals surface area contributed by atoms with Crippen LogP contribution in [0.25, 0.3) is 0 Å². The molecule has 24 heavy (non-hydrogen) atoms. The Kier molecular flexibility index (Phi) is 1880. The Morgan fingerprint density at radius 1 is 0.417 bits per heavy atom. The van der Waals surface area contributed by atoms with E-state index in [-0.39, 0.29) is 144 Å². The summed E-state index contributed by atoms with van der Waals surface area (Å²) in [6, 6.07) is 0. The predicted molar refractivity (Wildman–Crippen MR) is 141 cm³/mol. The van der Waals surface area contributed by atoms with E-state index >= 15 is 0 Å². The van der Waals surface area contributed by atoms with Crippen LogP contribution in [0, 0.1) is 39.2 Å². The van der Waals surface area contributed by atoms with Gasteiger partial charge in [-0.05, 0) is 0 Å². The molecule has 171 valence electrons. The number of unbranched alkanes of at least 4 members (excludes halogenated alkanes) is 4. The maximum Gasteiger partial charge on any atom is 0 e. The molecule has 3 radical (unpaired) electrons. The minimum Gasteiger partial charge on any atom is 0 e. The quantitative estimate of drug-likeness (QED) is 0.148. The average molecular weight is 778 g/mol. The minimum atomic E-state index is 0. The van der Waals surface area contributed by atoms with E-state index in [9.17, 15) is 0 Å². The van der Waals surface area contributed by atoms with Crippen molar-refractivity contribution in [3.05, 3.63) is 6.92 Å². The average Bonchev–Trinajstić information content (AvgIpc) is 1.81. The molecule has 0 atom stereocenters. The van der Waals surface area contributed by atoms with Gasteiger partial charge in [-0.3, -0.25) is 0 Å². The fourth-order valence-corrected chi connectivity index (χ4v) is 1.80. The van der Waals surface area contributed by atoms with Crippen molar-refractivity contribution in [3.8, 4) is 0 Å². The van der Waals surface area contributed by atoms with Crippen LogP contribution in [0.2, 0.25) is 3.98 Å². The molecule has 0 aliphatic carbocycles. The zero-order chi connectivity index (χ0) is 6.24. The van der Waals surface area contributed by atoms with Crippen molar-refractivity contribution in [2.45, 2.75) is 147 Å². The topological polar surface area (TPSA) is 0 Å². The minimum absolute atomic E-state index is 0. The number of hydrogen-bond donors (Lipinski definition) is 0. The first kappa shape index (κ1) is 200. The Morgan fingerprint density at radius 3 is 0.792 bits per heavy atom. The third kappa shape index (κ3) is 259. The summed E-state index contributed by atoms with van der Waals surface area (Å²) in [5.41, 5.74) is 0. The van der Waals surface area contributed by atoms with Gasteiger partial charge in [0, 0.05) is 32.3 Å². The molecule has 0 amide bonds. The Hall–Kier alpha value is 2.01. The molecule has 0 fully saturated rings. The summed E-state index contributed by atoms with van der Waals surface area (Å²) >= 11 is 1.22. The van der Waals surface area contributed by atoms with Gasteiger partial charge in [0.2, 0.25) is 0 Å². The molecule has 0 heterocycles. The third-order valence-corrected chi connectivity index (χ3v) is 2.79. The molecular formula is C22H75PaPb-. The maximum absolute atomic E-state index is 3.79. The van der Waals surface area contributed by atoms with Crippen LogP contribution in [0.15, 0.2) is 0 Å². The predicted octanol–water partition coefficient (Wildman–Crippen LogP) is 11.6. The van der Waals surface area contributed by atoms with Crippen LogP contribution in [0.5, 0.6) is 0 Å². The van der Waals surface area contributed by atoms with E-state index in [0.29, 0.717) is 0 Å². The van der Waals surface area contributed by atoms with Gasteiger partial charge in [0.15, 0.2) is 0 Å². The summed E-state index contributed by atoms with van der Waals surface area (Å²) < 4.78 is 1.51. The zero-order valence-corrected chi connectivity index (χ0v) is 15.4. The van der Waals surface area contributed by atoms with Crippen molar-refractivity contribution >= 4 is 25.8 Å². The Labute approximate surface area is 210 Å². The first-order chi connectivity index (χ1) is 3.91. The van der Waals surface area contributed by atoms with Gasteiger partial charge in [-0.25, -0.2) is 0 Å². The van der Waals surface area contributed by atoms with Gasteiger partial charge in [-0.1, -0.05) is 111 Å². The molecule has 0 N–H and O–H groups in total. The van der Waals surface area contributed by atoms with Crippen LogP contribution in [0.1, 0.15) is 144 Å². The summed E-state index contributed by atoms with van der Waals surface area (Å²) in [5.74, 6) is 0. The summed E-state index contributed by atoms with van der Waals surface area (Å²) in [6.07, 6.45) is 6.81. The molecule has 0 nitrogen and oxygen atoms in total. The summed E-state index contributed by atoms with van der Waals surface area (Å²) in [7, 11) is 0. The summed E-state index contributed by atoms with van der Waals surface area (Å²) in [6.45, 7) is 3.79. The van der Waals surface area contributed by atoms with Gasteiger partial charge in [0.1, 0.15) is 0 Å². The molecule has 0 aromatic rings. The van der Waals surface area contributed by atoms with Crippen LogP contribution in [-0.2, 0) is 0 Å². The SMILES string of the molecule is C.C.C.C.C.C.C.C.C.C.C.C.C.C.C.[CH2-]CCCCC[CH2][PbH].[Pa]. The van der Waals surface area contributed by atoms with E-state index in [4.69, 9.17) is 0 Å². The fourth-order valence-electron chi connectivity index (χ4n) is 0.675. The number of rotatable bonds is 5. The second-order valence-corrected chi connectivity index (χ2v) is 4.30. The van der Waals surface area contributed by atoms with Crippen LogP contribution < -0.4 is 0 Å². The molecule has 0 rings (SSSR count). The Morgan fingerprint density at radius 2 is 0.625 bits per heavy atom. The van der Waals surface area contributed by atoms with E-state index in [1.807, 2.05) is 0 Å². The van der Waals surface area contributed by atoms with Crippen molar-refractivity contribution in [2.24, 2.45) is 0 Å². The Balaban J connectivity index is -0.00000000204. The summed E-state index contributed by atoms with van der Waals surface area (Å²) in [5, 5.41) is 0. The standard InChI is InChI=1S/C7H14.15CH4.Pa.Pb.H/c1-3-5-7-6-4-2;;;;;;;;;;;;;;;;;;/h1-7H2;15*1H4;;;/q-1;;;;;;;;;;;;;;;;;;. The molecule has 0 aliphatic rings. The molecule has 0 saturated carbocycles. The molecule has 0 aliphatic heterocycles. The second-order valence-electron chi connectivity index (χ2n) is 2.06. The molecule has 2 heteroatoms. The van der Waals surface area contributed by atoms with Crippen LogP contribution in [0.4, 0.5) is 0 Å². The molecule has 0 bridgehead atoms. The van der Waals surface area contributed by atoms with E-state index in [1.54, 1.807) is 0 Å². The number of hydrogen-bond acceptors (Lipinski definition) is 0. The molecular weight excluding hydrogens is 702 g/mol. The van der Waals surface area contributed by atoms with E-state index < -0.39 is 0 Å². The monoisotopic (exact) mass is 779 g/mol. The van der Waals surface area contributed by atoms with Gasteiger partial charge in [0.05, 0.1) is 0 Å². The zero-order valence-electron chi connectivity index (χ0n) is 6.10. The third-order valence-electron chi connectivity index (χ3n) is 1.20. The van der Waals surface area contributed by atoms with Crippen molar-refractivity contribution in [3.63, 3.8) is 0 Å². The van der Waals surface area contributed by atoms with Gasteiger partial charge in [0.25, 0.3) is 0 Å². The van der Waals surface area contributed by atoms with E-state index in [1.165, 1.54) is 55.4 Å². The Bertz CT molecular complexity index is 37.0. The first-order valence-electron chi connectivity index (χ1n) is 3.41. The maximum atomic E-state index is 3.79. The van der Waals surface area contributed by atoms with E-state index in [0.717, 1.165) is 6.42 Å². The normalized spacial score (nSPS) is 3.25. The van der Waals surface area contributed by atoms with Gasteiger partial charge >= 0.3 is 68.8 Å². The van der Waals surface area contributed by atoms with Crippen molar-refractivity contribution in [2.75, 3.05) is 0 Å². The fraction of sp³-hybridized carbons (Fsp3) is 0.955. The van der Waals surface area contributed by atoms with Gasteiger partial charge in [-0.15, -0.1) is 0 Å². The van der Waals surface area contributed by atoms with E-state index in [2.05, 4.69) is 6.92 Å². The van der Waals surface area contributed by atoms with Crippen molar-refractivity contribution in [1.29, 1.82) is 0 Å². The van der Waals surface area contributed by atoms with Crippen LogP contribution in [0.3, 0.4) is 0 Å². The molecule has 0 aromatic heterocycles. The largest absolute Gasteiger partial charge is 0 e. The van der Waals surface area contributed by atoms with Crippen molar-refractivity contribution < 1.29 is 32.3 Å². The summed E-state index contributed by atoms with van der Waals surface area (Å²) in [4.78, 5) is 0. The van der Waals surface area contributed by atoms with Crippen LogP contribution >= 0.6 is 0 Å². The molecule has 0 spiro atoms. The molecule has 0 saturated heterocycles. The smallest absolute Gasteiger partial charge is 0 e. The van der Waals surface area contributed by atoms with Crippen molar-refractivity contribution in [1.82, 2.24) is 0 Å². The second kappa shape index (κ2) is 225. The van der Waals surface area contributed by atoms with Gasteiger partial charge < -0.3 is 0 Å². The first-order valence-corrected chi connectivity index (χ1v) is 6.58. The molecule has 0 aromatic carbocycles. The van der Waals surface area contributed by atoms with Gasteiger partial charge in [-0.2, -0.15) is 0 Å². The molecule has 0 unspecified atom stereocenters.